The highest BCUT2D eigenvalue weighted by Crippen LogP contribution is 2.63. The van der Waals surface area contributed by atoms with Crippen LogP contribution in [0.2, 0.25) is 0 Å². The third kappa shape index (κ3) is 2.26. The van der Waals surface area contributed by atoms with Crippen molar-refractivity contribution in [3.63, 3.8) is 0 Å². The molecule has 0 amide bonds. The van der Waals surface area contributed by atoms with Gasteiger partial charge in [-0.1, -0.05) is 115 Å². The molecule has 0 atom stereocenters. The molecule has 2 aliphatic rings. The van der Waals surface area contributed by atoms with Crippen LogP contribution in [-0.4, -0.2) is 4.98 Å². The van der Waals surface area contributed by atoms with Gasteiger partial charge in [0, 0.05) is 17.1 Å². The second-order valence-electron chi connectivity index (χ2n) is 9.50. The lowest BCUT2D eigenvalue weighted by molar-refractivity contribution is 0.794. The van der Waals surface area contributed by atoms with Gasteiger partial charge in [-0.25, -0.2) is 0 Å². The number of pyridine rings is 1. The van der Waals surface area contributed by atoms with E-state index in [1.165, 1.54) is 61.0 Å². The van der Waals surface area contributed by atoms with Crippen molar-refractivity contribution in [3.8, 4) is 33.4 Å². The summed E-state index contributed by atoms with van der Waals surface area (Å²) in [6, 6.07) is 44.4. The lowest BCUT2D eigenvalue weighted by atomic mass is 9.70. The Kier molecular flexibility index (Phi) is 3.65. The minimum atomic E-state index is -0.312. The molecule has 1 nitrogen and oxygen atoms in total. The maximum atomic E-state index is 4.80. The van der Waals surface area contributed by atoms with Gasteiger partial charge in [0.25, 0.3) is 0 Å². The molecule has 8 rings (SSSR count). The lowest BCUT2D eigenvalue weighted by Crippen LogP contribution is -2.25. The number of hydrogen-bond donors (Lipinski definition) is 0. The zero-order valence-corrected chi connectivity index (χ0v) is 19.1. The highest BCUT2D eigenvalue weighted by atomic mass is 14.7. The first kappa shape index (κ1) is 18.9. The number of rotatable bonds is 1. The van der Waals surface area contributed by atoms with Crippen LogP contribution in [0.3, 0.4) is 0 Å². The van der Waals surface area contributed by atoms with Crippen molar-refractivity contribution in [1.29, 1.82) is 0 Å². The molecular formula is C34H21N. The van der Waals surface area contributed by atoms with Gasteiger partial charge < -0.3 is 0 Å². The predicted molar refractivity (Wildman–Crippen MR) is 143 cm³/mol. The second kappa shape index (κ2) is 6.77. The highest BCUT2D eigenvalue weighted by molar-refractivity contribution is 6.04. The molecule has 0 aliphatic heterocycles. The van der Waals surface area contributed by atoms with Gasteiger partial charge in [0.2, 0.25) is 0 Å². The van der Waals surface area contributed by atoms with E-state index in [4.69, 9.17) is 4.98 Å². The predicted octanol–water partition coefficient (Wildman–Crippen LogP) is 8.25. The maximum Gasteiger partial charge on any atom is 0.0780 e. The molecule has 1 spiro atoms. The summed E-state index contributed by atoms with van der Waals surface area (Å²) < 4.78 is 0. The van der Waals surface area contributed by atoms with E-state index in [-0.39, 0.29) is 5.41 Å². The molecule has 0 saturated heterocycles. The molecule has 0 saturated carbocycles. The van der Waals surface area contributed by atoms with Gasteiger partial charge in [0.1, 0.15) is 0 Å². The molecule has 1 heteroatoms. The van der Waals surface area contributed by atoms with E-state index in [9.17, 15) is 0 Å². The van der Waals surface area contributed by atoms with Crippen molar-refractivity contribution in [1.82, 2.24) is 4.98 Å². The van der Waals surface area contributed by atoms with E-state index in [0.717, 1.165) is 5.52 Å². The van der Waals surface area contributed by atoms with E-state index >= 15 is 0 Å². The smallest absolute Gasteiger partial charge is 0.0780 e. The molecule has 0 unspecified atom stereocenters. The fourth-order valence-corrected chi connectivity index (χ4v) is 6.69. The van der Waals surface area contributed by atoms with Crippen LogP contribution in [0.25, 0.3) is 44.3 Å². The summed E-state index contributed by atoms with van der Waals surface area (Å²) in [5.74, 6) is 0. The van der Waals surface area contributed by atoms with Gasteiger partial charge in [-0.05, 0) is 56.1 Å². The largest absolute Gasteiger partial charge is 0.256 e. The maximum absolute atomic E-state index is 4.80. The third-order valence-electron chi connectivity index (χ3n) is 7.94. The summed E-state index contributed by atoms with van der Waals surface area (Å²) in [5.41, 5.74) is 14.0. The number of nitrogens with zero attached hydrogens (tertiary/aromatic N) is 1. The van der Waals surface area contributed by atoms with E-state index in [1.54, 1.807) is 0 Å². The first-order valence-corrected chi connectivity index (χ1v) is 12.2. The molecule has 2 aliphatic carbocycles. The van der Waals surface area contributed by atoms with Crippen LogP contribution in [-0.2, 0) is 5.41 Å². The Morgan fingerprint density at radius 1 is 0.400 bits per heavy atom. The fraction of sp³-hybridized carbons (Fsp3) is 0.0294. The summed E-state index contributed by atoms with van der Waals surface area (Å²) in [5, 5.41) is 1.17. The van der Waals surface area contributed by atoms with E-state index in [2.05, 4.69) is 115 Å². The summed E-state index contributed by atoms with van der Waals surface area (Å²) in [6.45, 7) is 0. The quantitative estimate of drug-likeness (QED) is 0.249. The number of aromatic nitrogens is 1. The molecule has 0 radical (unpaired) electrons. The SMILES string of the molecule is c1ccc2c(c1)-c1ccccc1C21c2ccccc2-c2c(-c3cccc4cccnc34)cccc21. The zero-order chi connectivity index (χ0) is 23.0. The Morgan fingerprint density at radius 2 is 0.914 bits per heavy atom. The van der Waals surface area contributed by atoms with Crippen LogP contribution >= 0.6 is 0 Å². The molecule has 0 bridgehead atoms. The molecule has 35 heavy (non-hydrogen) atoms. The van der Waals surface area contributed by atoms with Crippen LogP contribution in [0.1, 0.15) is 22.3 Å². The monoisotopic (exact) mass is 443 g/mol. The van der Waals surface area contributed by atoms with Crippen molar-refractivity contribution in [2.24, 2.45) is 0 Å². The van der Waals surface area contributed by atoms with Crippen molar-refractivity contribution in [3.05, 3.63) is 150 Å². The first-order valence-electron chi connectivity index (χ1n) is 12.2. The van der Waals surface area contributed by atoms with Crippen molar-refractivity contribution in [2.45, 2.75) is 5.41 Å². The first-order chi connectivity index (χ1) is 17.4. The van der Waals surface area contributed by atoms with Gasteiger partial charge in [-0.2, -0.15) is 0 Å². The van der Waals surface area contributed by atoms with E-state index < -0.39 is 0 Å². The summed E-state index contributed by atoms with van der Waals surface area (Å²) in [4.78, 5) is 4.80. The average Bonchev–Trinajstić information content (AvgIpc) is 3.40. The summed E-state index contributed by atoms with van der Waals surface area (Å²) in [7, 11) is 0. The lowest BCUT2D eigenvalue weighted by Gasteiger charge is -2.30. The van der Waals surface area contributed by atoms with Gasteiger partial charge in [-0.3, -0.25) is 4.98 Å². The van der Waals surface area contributed by atoms with Crippen LogP contribution < -0.4 is 0 Å². The van der Waals surface area contributed by atoms with Crippen molar-refractivity contribution in [2.75, 3.05) is 0 Å². The van der Waals surface area contributed by atoms with Crippen molar-refractivity contribution >= 4 is 10.9 Å². The van der Waals surface area contributed by atoms with Crippen molar-refractivity contribution < 1.29 is 0 Å². The average molecular weight is 444 g/mol. The molecule has 162 valence electrons. The number of benzene rings is 5. The van der Waals surface area contributed by atoms with Crippen LogP contribution in [0, 0.1) is 0 Å². The van der Waals surface area contributed by atoms with Crippen LogP contribution in [0.4, 0.5) is 0 Å². The number of hydrogen-bond acceptors (Lipinski definition) is 1. The molecule has 0 fully saturated rings. The Balaban J connectivity index is 1.55. The van der Waals surface area contributed by atoms with Crippen LogP contribution in [0.5, 0.6) is 0 Å². The van der Waals surface area contributed by atoms with Gasteiger partial charge in [-0.15, -0.1) is 0 Å². The molecule has 1 heterocycles. The fourth-order valence-electron chi connectivity index (χ4n) is 6.69. The molecule has 0 N–H and O–H groups in total. The molecule has 1 aromatic heterocycles. The number of fused-ring (bicyclic) bond motifs is 11. The third-order valence-corrected chi connectivity index (χ3v) is 7.94. The Bertz CT molecular complexity index is 1760. The summed E-state index contributed by atoms with van der Waals surface area (Å²) >= 11 is 0. The minimum Gasteiger partial charge on any atom is -0.256 e. The van der Waals surface area contributed by atoms with Gasteiger partial charge >= 0.3 is 0 Å². The molecule has 6 aromatic rings. The van der Waals surface area contributed by atoms with E-state index in [1.807, 2.05) is 12.3 Å². The van der Waals surface area contributed by atoms with Crippen LogP contribution in [0.15, 0.2) is 128 Å². The second-order valence-corrected chi connectivity index (χ2v) is 9.50. The summed E-state index contributed by atoms with van der Waals surface area (Å²) in [6.07, 6.45) is 1.90. The zero-order valence-electron chi connectivity index (χ0n) is 19.1. The van der Waals surface area contributed by atoms with E-state index in [0.29, 0.717) is 0 Å². The minimum absolute atomic E-state index is 0.312. The Labute approximate surface area is 204 Å². The Morgan fingerprint density at radius 3 is 1.66 bits per heavy atom. The number of para-hydroxylation sites is 1. The topological polar surface area (TPSA) is 12.9 Å². The van der Waals surface area contributed by atoms with Gasteiger partial charge in [0.05, 0.1) is 10.9 Å². The molecule has 5 aromatic carbocycles. The molecular weight excluding hydrogens is 422 g/mol. The normalized spacial score (nSPS) is 13.9. The Hall–Kier alpha value is -4.49. The van der Waals surface area contributed by atoms with Gasteiger partial charge in [0.15, 0.2) is 0 Å². The highest BCUT2D eigenvalue weighted by Gasteiger charge is 2.51. The standard InChI is InChI=1S/C34H21N/c1-4-17-28-23(12-1)24-13-2-5-18-29(24)34(28)30-19-6-3-14-27(30)32-25(15-8-20-31(32)34)26-16-7-10-22-11-9-21-35-33(22)26/h1-21H.